The fourth-order valence-electron chi connectivity index (χ4n) is 3.65. The molecule has 0 fully saturated rings. The average molecular weight is 433 g/mol. The molecule has 0 unspecified atom stereocenters. The Hall–Kier alpha value is -3.72. The Labute approximate surface area is 182 Å². The minimum absolute atomic E-state index is 0.151. The Morgan fingerprint density at radius 2 is 2.03 bits per heavy atom. The molecule has 8 nitrogen and oxygen atoms in total. The van der Waals surface area contributed by atoms with E-state index in [0.717, 1.165) is 41.0 Å². The number of fused-ring (bicyclic) bond motifs is 1. The van der Waals surface area contributed by atoms with Crippen molar-refractivity contribution in [2.45, 2.75) is 25.8 Å². The number of aryl methyl sites for hydroxylation is 1. The number of hydrogen-bond acceptors (Lipinski definition) is 5. The fourth-order valence-corrected chi connectivity index (χ4v) is 4.30. The van der Waals surface area contributed by atoms with Crippen molar-refractivity contribution in [3.8, 4) is 17.2 Å². The number of amides is 2. The summed E-state index contributed by atoms with van der Waals surface area (Å²) in [4.78, 5) is 33.5. The molecule has 3 N–H and O–H groups in total. The van der Waals surface area contributed by atoms with Gasteiger partial charge in [0.25, 0.3) is 5.56 Å². The summed E-state index contributed by atoms with van der Waals surface area (Å²) in [6, 6.07) is 15.0. The van der Waals surface area contributed by atoms with Crippen LogP contribution >= 0.6 is 11.3 Å². The number of nitrogens with zero attached hydrogens (tertiary/aromatic N) is 3. The van der Waals surface area contributed by atoms with Crippen LogP contribution in [0.3, 0.4) is 0 Å². The van der Waals surface area contributed by atoms with E-state index in [0.29, 0.717) is 24.0 Å². The summed E-state index contributed by atoms with van der Waals surface area (Å²) < 4.78 is 1.48. The van der Waals surface area contributed by atoms with E-state index in [1.807, 2.05) is 47.8 Å². The second kappa shape index (κ2) is 8.19. The zero-order valence-electron chi connectivity index (χ0n) is 16.6. The number of anilines is 1. The molecule has 1 aromatic carbocycles. The molecule has 9 heteroatoms. The molecule has 1 aliphatic carbocycles. The van der Waals surface area contributed by atoms with Gasteiger partial charge in [0.15, 0.2) is 0 Å². The molecule has 0 bridgehead atoms. The van der Waals surface area contributed by atoms with Gasteiger partial charge in [-0.25, -0.2) is 9.78 Å². The number of hydrogen-bond donors (Lipinski definition) is 3. The lowest BCUT2D eigenvalue weighted by atomic mass is 10.2. The van der Waals surface area contributed by atoms with Crippen LogP contribution in [0.15, 0.2) is 58.7 Å². The van der Waals surface area contributed by atoms with Crippen molar-refractivity contribution in [3.63, 3.8) is 0 Å². The van der Waals surface area contributed by atoms with Crippen LogP contribution in [0.4, 0.5) is 10.6 Å². The topological polar surface area (TPSA) is 105 Å². The van der Waals surface area contributed by atoms with E-state index in [4.69, 9.17) is 0 Å². The lowest BCUT2D eigenvalue weighted by Crippen LogP contribution is -2.29. The zero-order chi connectivity index (χ0) is 21.2. The number of carbonyl (C=O) groups is 1. The van der Waals surface area contributed by atoms with Crippen molar-refractivity contribution < 1.29 is 4.79 Å². The summed E-state index contributed by atoms with van der Waals surface area (Å²) in [6.45, 7) is 0.428. The van der Waals surface area contributed by atoms with Crippen LogP contribution in [-0.4, -0.2) is 25.8 Å². The SMILES string of the molecule is O=C(NCc1cccs1)Nc1cc(-c2ccccc2)nn1-c1nc2c(c(=O)[nH]1)CCC2. The lowest BCUT2D eigenvalue weighted by Gasteiger charge is -2.10. The normalized spacial score (nSPS) is 12.5. The average Bonchev–Trinajstić information content (AvgIpc) is 3.53. The van der Waals surface area contributed by atoms with Crippen LogP contribution in [0.2, 0.25) is 0 Å². The molecule has 2 amide bonds. The summed E-state index contributed by atoms with van der Waals surface area (Å²) in [7, 11) is 0. The third-order valence-electron chi connectivity index (χ3n) is 5.15. The van der Waals surface area contributed by atoms with Gasteiger partial charge in [-0.15, -0.1) is 11.3 Å². The van der Waals surface area contributed by atoms with Crippen LogP contribution in [0, 0.1) is 0 Å². The Morgan fingerprint density at radius 1 is 1.16 bits per heavy atom. The number of benzene rings is 1. The number of urea groups is 1. The number of aromatic nitrogens is 4. The molecule has 0 radical (unpaired) electrons. The van der Waals surface area contributed by atoms with Crippen LogP contribution in [0.25, 0.3) is 17.2 Å². The third-order valence-corrected chi connectivity index (χ3v) is 6.03. The molecular formula is C22H20N6O2S. The predicted molar refractivity (Wildman–Crippen MR) is 120 cm³/mol. The number of carbonyl (C=O) groups excluding carboxylic acids is 1. The minimum Gasteiger partial charge on any atom is -0.333 e. The number of aromatic amines is 1. The molecule has 156 valence electrons. The van der Waals surface area contributed by atoms with E-state index in [1.165, 1.54) is 4.68 Å². The largest absolute Gasteiger partial charge is 0.333 e. The highest BCUT2D eigenvalue weighted by molar-refractivity contribution is 7.09. The maximum atomic E-state index is 12.5. The number of H-pyrrole nitrogens is 1. The Morgan fingerprint density at radius 3 is 2.84 bits per heavy atom. The quantitative estimate of drug-likeness (QED) is 0.449. The first-order valence-electron chi connectivity index (χ1n) is 10.0. The van der Waals surface area contributed by atoms with Gasteiger partial charge >= 0.3 is 6.03 Å². The maximum Gasteiger partial charge on any atom is 0.320 e. The van der Waals surface area contributed by atoms with Crippen molar-refractivity contribution in [1.29, 1.82) is 0 Å². The van der Waals surface area contributed by atoms with Crippen molar-refractivity contribution in [2.24, 2.45) is 0 Å². The summed E-state index contributed by atoms with van der Waals surface area (Å²) in [5, 5.41) is 12.3. The van der Waals surface area contributed by atoms with E-state index in [2.05, 4.69) is 25.7 Å². The monoisotopic (exact) mass is 432 g/mol. The van der Waals surface area contributed by atoms with E-state index in [1.54, 1.807) is 17.4 Å². The molecule has 0 spiro atoms. The fraction of sp³-hybridized carbons (Fsp3) is 0.182. The molecule has 3 aromatic heterocycles. The Kier molecular flexibility index (Phi) is 5.09. The van der Waals surface area contributed by atoms with E-state index >= 15 is 0 Å². The minimum atomic E-state index is -0.363. The van der Waals surface area contributed by atoms with Crippen molar-refractivity contribution >= 4 is 23.2 Å². The number of nitrogens with one attached hydrogen (secondary N) is 3. The molecule has 0 atom stereocenters. The van der Waals surface area contributed by atoms with Gasteiger partial charge in [-0.05, 0) is 30.7 Å². The van der Waals surface area contributed by atoms with Gasteiger partial charge in [0.2, 0.25) is 5.95 Å². The van der Waals surface area contributed by atoms with Gasteiger partial charge in [0.05, 0.1) is 17.9 Å². The molecular weight excluding hydrogens is 412 g/mol. The van der Waals surface area contributed by atoms with Gasteiger partial charge in [-0.2, -0.15) is 9.78 Å². The Bertz CT molecular complexity index is 1280. The standard InChI is InChI=1S/C22H20N6O2S/c29-20-16-9-4-10-17(16)24-21(26-20)28-19(12-18(27-28)14-6-2-1-3-7-14)25-22(30)23-13-15-8-5-11-31-15/h1-3,5-8,11-12H,4,9-10,13H2,(H2,23,25,30)(H,24,26,29). The van der Waals surface area contributed by atoms with E-state index in [9.17, 15) is 9.59 Å². The summed E-state index contributed by atoms with van der Waals surface area (Å²) >= 11 is 1.58. The maximum absolute atomic E-state index is 12.5. The number of thiophene rings is 1. The van der Waals surface area contributed by atoms with Crippen LogP contribution in [-0.2, 0) is 19.4 Å². The van der Waals surface area contributed by atoms with E-state index in [-0.39, 0.29) is 11.6 Å². The predicted octanol–water partition coefficient (Wildman–Crippen LogP) is 3.49. The van der Waals surface area contributed by atoms with Gasteiger partial charge in [0, 0.05) is 22.1 Å². The second-order valence-corrected chi connectivity index (χ2v) is 8.28. The lowest BCUT2D eigenvalue weighted by molar-refractivity contribution is 0.251. The highest BCUT2D eigenvalue weighted by Gasteiger charge is 2.20. The molecule has 3 heterocycles. The van der Waals surface area contributed by atoms with Crippen LogP contribution in [0.5, 0.6) is 0 Å². The molecule has 31 heavy (non-hydrogen) atoms. The van der Waals surface area contributed by atoms with Crippen molar-refractivity contribution in [2.75, 3.05) is 5.32 Å². The number of rotatable bonds is 5. The highest BCUT2D eigenvalue weighted by atomic mass is 32.1. The summed E-state index contributed by atoms with van der Waals surface area (Å²) in [6.07, 6.45) is 2.42. The van der Waals surface area contributed by atoms with Gasteiger partial charge < -0.3 is 5.32 Å². The molecule has 4 aromatic rings. The summed E-state index contributed by atoms with van der Waals surface area (Å²) in [5.41, 5.74) is 2.94. The van der Waals surface area contributed by atoms with Crippen LogP contribution in [0.1, 0.15) is 22.6 Å². The van der Waals surface area contributed by atoms with Crippen molar-refractivity contribution in [1.82, 2.24) is 25.1 Å². The first kappa shape index (κ1) is 19.3. The van der Waals surface area contributed by atoms with Gasteiger partial charge in [-0.1, -0.05) is 36.4 Å². The van der Waals surface area contributed by atoms with E-state index < -0.39 is 0 Å². The third kappa shape index (κ3) is 3.99. The molecule has 0 aliphatic heterocycles. The van der Waals surface area contributed by atoms with Crippen LogP contribution < -0.4 is 16.2 Å². The van der Waals surface area contributed by atoms with Gasteiger partial charge in [0.1, 0.15) is 5.82 Å². The second-order valence-electron chi connectivity index (χ2n) is 7.25. The van der Waals surface area contributed by atoms with Gasteiger partial charge in [-0.3, -0.25) is 15.1 Å². The Balaban J connectivity index is 1.49. The molecule has 0 saturated heterocycles. The highest BCUT2D eigenvalue weighted by Crippen LogP contribution is 2.24. The van der Waals surface area contributed by atoms with Crippen molar-refractivity contribution in [3.05, 3.63) is 80.4 Å². The zero-order valence-corrected chi connectivity index (χ0v) is 17.4. The molecule has 0 saturated carbocycles. The molecule has 1 aliphatic rings. The first-order chi connectivity index (χ1) is 15.2. The summed E-state index contributed by atoms with van der Waals surface area (Å²) in [5.74, 6) is 0.713. The molecule has 5 rings (SSSR count). The smallest absolute Gasteiger partial charge is 0.320 e. The first-order valence-corrected chi connectivity index (χ1v) is 10.9.